The summed E-state index contributed by atoms with van der Waals surface area (Å²) in [6.07, 6.45) is 0. The van der Waals surface area contributed by atoms with Gasteiger partial charge in [0.1, 0.15) is 5.82 Å². The molecule has 0 aliphatic rings. The fourth-order valence-corrected chi connectivity index (χ4v) is 3.11. The number of hydrogen-bond donors (Lipinski definition) is 1. The molecule has 1 aromatic heterocycles. The Morgan fingerprint density at radius 2 is 1.83 bits per heavy atom. The molecule has 3 aromatic carbocycles. The number of anilines is 1. The summed E-state index contributed by atoms with van der Waals surface area (Å²) in [7, 11) is 0. The van der Waals surface area contributed by atoms with E-state index in [9.17, 15) is 9.18 Å². The molecule has 144 valence electrons. The van der Waals surface area contributed by atoms with Crippen molar-refractivity contribution in [3.63, 3.8) is 0 Å². The standard InChI is InChI=1S/C22H16ClFN4O/c1-14-5-2-10-19(11-14)28-21(15-6-3-7-16(23)12-15)26-20(27-28)22(29)25-18-9-4-8-17(24)13-18/h2-13H,1H3,(H,25,29). The number of hydrogen-bond acceptors (Lipinski definition) is 3. The number of benzene rings is 3. The van der Waals surface area contributed by atoms with Gasteiger partial charge in [0.2, 0.25) is 5.82 Å². The van der Waals surface area contributed by atoms with Crippen LogP contribution in [-0.2, 0) is 0 Å². The number of rotatable bonds is 4. The summed E-state index contributed by atoms with van der Waals surface area (Å²) in [5.41, 5.74) is 2.85. The molecule has 1 amide bonds. The van der Waals surface area contributed by atoms with E-state index in [0.29, 0.717) is 16.5 Å². The fourth-order valence-electron chi connectivity index (χ4n) is 2.92. The average molecular weight is 407 g/mol. The van der Waals surface area contributed by atoms with Crippen LogP contribution in [0, 0.1) is 12.7 Å². The van der Waals surface area contributed by atoms with Crippen LogP contribution >= 0.6 is 11.6 Å². The largest absolute Gasteiger partial charge is 0.319 e. The molecule has 5 nitrogen and oxygen atoms in total. The van der Waals surface area contributed by atoms with E-state index in [-0.39, 0.29) is 5.82 Å². The maximum absolute atomic E-state index is 13.4. The fraction of sp³-hybridized carbons (Fsp3) is 0.0455. The van der Waals surface area contributed by atoms with Crippen LogP contribution in [0.3, 0.4) is 0 Å². The van der Waals surface area contributed by atoms with Crippen LogP contribution in [0.1, 0.15) is 16.2 Å². The van der Waals surface area contributed by atoms with Gasteiger partial charge in [0.25, 0.3) is 5.91 Å². The first-order valence-electron chi connectivity index (χ1n) is 8.86. The van der Waals surface area contributed by atoms with Gasteiger partial charge in [-0.3, -0.25) is 4.79 Å². The van der Waals surface area contributed by atoms with Crippen molar-refractivity contribution in [2.24, 2.45) is 0 Å². The lowest BCUT2D eigenvalue weighted by molar-refractivity contribution is 0.101. The van der Waals surface area contributed by atoms with E-state index < -0.39 is 11.7 Å². The van der Waals surface area contributed by atoms with Crippen LogP contribution in [0.15, 0.2) is 72.8 Å². The lowest BCUT2D eigenvalue weighted by Crippen LogP contribution is -2.14. The number of carbonyl (C=O) groups is 1. The van der Waals surface area contributed by atoms with Crippen molar-refractivity contribution >= 4 is 23.2 Å². The highest BCUT2D eigenvalue weighted by atomic mass is 35.5. The summed E-state index contributed by atoms with van der Waals surface area (Å²) in [4.78, 5) is 17.1. The number of halogens is 2. The molecule has 1 N–H and O–H groups in total. The molecule has 0 fully saturated rings. The quantitative estimate of drug-likeness (QED) is 0.501. The smallest absolute Gasteiger partial charge is 0.295 e. The number of aromatic nitrogens is 3. The summed E-state index contributed by atoms with van der Waals surface area (Å²) in [6, 6.07) is 20.5. The molecule has 0 saturated carbocycles. The number of nitrogens with zero attached hydrogens (tertiary/aromatic N) is 3. The summed E-state index contributed by atoms with van der Waals surface area (Å²) in [5.74, 6) is -0.542. The third kappa shape index (κ3) is 4.17. The first kappa shape index (κ1) is 18.8. The van der Waals surface area contributed by atoms with Gasteiger partial charge in [0, 0.05) is 16.3 Å². The Bertz CT molecular complexity index is 1140. The minimum absolute atomic E-state index is 0.0363. The molecule has 0 atom stereocenters. The third-order valence-electron chi connectivity index (χ3n) is 4.22. The molecular formula is C22H16ClFN4O. The van der Waals surface area contributed by atoms with E-state index in [1.165, 1.54) is 18.2 Å². The Labute approximate surface area is 171 Å². The SMILES string of the molecule is Cc1cccc(-n2nc(C(=O)Nc3cccc(F)c3)nc2-c2cccc(Cl)c2)c1. The summed E-state index contributed by atoms with van der Waals surface area (Å²) < 4.78 is 15.0. The summed E-state index contributed by atoms with van der Waals surface area (Å²) in [5, 5.41) is 7.57. The van der Waals surface area contributed by atoms with Gasteiger partial charge in [-0.25, -0.2) is 14.1 Å². The molecule has 0 bridgehead atoms. The molecular weight excluding hydrogens is 391 g/mol. The molecule has 0 unspecified atom stereocenters. The zero-order valence-electron chi connectivity index (χ0n) is 15.4. The molecule has 0 aliphatic carbocycles. The topological polar surface area (TPSA) is 59.8 Å². The van der Waals surface area contributed by atoms with Crippen molar-refractivity contribution in [1.29, 1.82) is 0 Å². The number of carbonyl (C=O) groups excluding carboxylic acids is 1. The van der Waals surface area contributed by atoms with Crippen molar-refractivity contribution < 1.29 is 9.18 Å². The van der Waals surface area contributed by atoms with Crippen LogP contribution in [0.25, 0.3) is 17.1 Å². The minimum atomic E-state index is -0.537. The van der Waals surface area contributed by atoms with E-state index in [1.807, 2.05) is 37.3 Å². The highest BCUT2D eigenvalue weighted by molar-refractivity contribution is 6.30. The van der Waals surface area contributed by atoms with Gasteiger partial charge in [0.15, 0.2) is 5.82 Å². The monoisotopic (exact) mass is 406 g/mol. The molecule has 1 heterocycles. The zero-order valence-corrected chi connectivity index (χ0v) is 16.2. The Balaban J connectivity index is 1.78. The Kier molecular flexibility index (Phi) is 5.10. The third-order valence-corrected chi connectivity index (χ3v) is 4.46. The molecule has 4 rings (SSSR count). The number of amides is 1. The van der Waals surface area contributed by atoms with Crippen LogP contribution in [0.4, 0.5) is 10.1 Å². The van der Waals surface area contributed by atoms with Gasteiger partial charge >= 0.3 is 0 Å². The predicted octanol–water partition coefficient (Wildman–Crippen LogP) is 5.29. The average Bonchev–Trinajstić information content (AvgIpc) is 3.14. The van der Waals surface area contributed by atoms with Crippen LogP contribution in [-0.4, -0.2) is 20.7 Å². The molecule has 0 saturated heterocycles. The maximum Gasteiger partial charge on any atom is 0.295 e. The molecule has 7 heteroatoms. The second-order valence-corrected chi connectivity index (χ2v) is 6.92. The first-order valence-corrected chi connectivity index (χ1v) is 9.24. The second kappa shape index (κ2) is 7.85. The number of aryl methyl sites for hydroxylation is 1. The Hall–Kier alpha value is -3.51. The summed E-state index contributed by atoms with van der Waals surface area (Å²) in [6.45, 7) is 1.97. The van der Waals surface area contributed by atoms with Crippen molar-refractivity contribution in [2.75, 3.05) is 5.32 Å². The first-order chi connectivity index (χ1) is 14.0. The second-order valence-electron chi connectivity index (χ2n) is 6.48. The van der Waals surface area contributed by atoms with E-state index in [2.05, 4.69) is 15.4 Å². The molecule has 29 heavy (non-hydrogen) atoms. The Morgan fingerprint density at radius 3 is 2.59 bits per heavy atom. The minimum Gasteiger partial charge on any atom is -0.319 e. The van der Waals surface area contributed by atoms with Gasteiger partial charge in [-0.2, -0.15) is 0 Å². The van der Waals surface area contributed by atoms with Gasteiger partial charge < -0.3 is 5.32 Å². The maximum atomic E-state index is 13.4. The van der Waals surface area contributed by atoms with Crippen LogP contribution in [0.5, 0.6) is 0 Å². The molecule has 4 aromatic rings. The highest BCUT2D eigenvalue weighted by Gasteiger charge is 2.19. The molecule has 0 spiro atoms. The zero-order chi connectivity index (χ0) is 20.4. The highest BCUT2D eigenvalue weighted by Crippen LogP contribution is 2.24. The van der Waals surface area contributed by atoms with Crippen molar-refractivity contribution in [2.45, 2.75) is 6.92 Å². The summed E-state index contributed by atoms with van der Waals surface area (Å²) >= 11 is 6.14. The van der Waals surface area contributed by atoms with Crippen molar-refractivity contribution in [1.82, 2.24) is 14.8 Å². The molecule has 0 radical (unpaired) electrons. The Morgan fingerprint density at radius 1 is 1.03 bits per heavy atom. The van der Waals surface area contributed by atoms with Gasteiger partial charge in [-0.1, -0.05) is 41.9 Å². The molecule has 0 aliphatic heterocycles. The lowest BCUT2D eigenvalue weighted by atomic mass is 10.2. The van der Waals surface area contributed by atoms with Crippen molar-refractivity contribution in [3.05, 3.63) is 95.0 Å². The van der Waals surface area contributed by atoms with E-state index in [4.69, 9.17) is 11.6 Å². The normalized spacial score (nSPS) is 10.7. The lowest BCUT2D eigenvalue weighted by Gasteiger charge is -2.07. The van der Waals surface area contributed by atoms with Crippen LogP contribution < -0.4 is 5.32 Å². The van der Waals surface area contributed by atoms with Gasteiger partial charge in [-0.05, 0) is 55.0 Å². The van der Waals surface area contributed by atoms with Gasteiger partial charge in [0.05, 0.1) is 5.69 Å². The van der Waals surface area contributed by atoms with E-state index in [1.54, 1.807) is 28.9 Å². The number of nitrogens with one attached hydrogen (secondary N) is 1. The van der Waals surface area contributed by atoms with E-state index >= 15 is 0 Å². The van der Waals surface area contributed by atoms with Crippen molar-refractivity contribution in [3.8, 4) is 17.1 Å². The van der Waals surface area contributed by atoms with Gasteiger partial charge in [-0.15, -0.1) is 5.10 Å². The van der Waals surface area contributed by atoms with E-state index in [0.717, 1.165) is 16.8 Å². The predicted molar refractivity (Wildman–Crippen MR) is 111 cm³/mol. The van der Waals surface area contributed by atoms with Crippen LogP contribution in [0.2, 0.25) is 5.02 Å².